The zero-order valence-corrected chi connectivity index (χ0v) is 13.0. The van der Waals surface area contributed by atoms with Crippen LogP contribution in [0, 0.1) is 0 Å². The van der Waals surface area contributed by atoms with Crippen molar-refractivity contribution in [2.75, 3.05) is 0 Å². The Morgan fingerprint density at radius 3 is 2.78 bits per heavy atom. The van der Waals surface area contributed by atoms with Gasteiger partial charge < -0.3 is 5.73 Å². The first-order valence-corrected chi connectivity index (χ1v) is 7.94. The predicted molar refractivity (Wildman–Crippen MR) is 77.7 cm³/mol. The van der Waals surface area contributed by atoms with Gasteiger partial charge in [0.25, 0.3) is 0 Å². The Hall–Kier alpha value is -0.570. The van der Waals surface area contributed by atoms with Crippen LogP contribution in [0.3, 0.4) is 0 Å². The van der Waals surface area contributed by atoms with Gasteiger partial charge in [-0.25, -0.2) is 13.1 Å². The summed E-state index contributed by atoms with van der Waals surface area (Å²) in [7, 11) is -3.60. The Bertz CT molecular complexity index is 534. The summed E-state index contributed by atoms with van der Waals surface area (Å²) in [6, 6.07) is 1.19. The molecule has 1 atom stereocenters. The third kappa shape index (κ3) is 4.60. The third-order valence-corrected chi connectivity index (χ3v) is 4.34. The van der Waals surface area contributed by atoms with Crippen LogP contribution in [0.1, 0.15) is 19.8 Å². The monoisotopic (exact) mass is 351 g/mol. The quantitative estimate of drug-likeness (QED) is 0.760. The molecule has 100 valence electrons. The molecular weight excluding hydrogens is 338 g/mol. The van der Waals surface area contributed by atoms with E-state index < -0.39 is 10.0 Å². The van der Waals surface area contributed by atoms with Crippen molar-refractivity contribution in [2.45, 2.75) is 30.7 Å². The van der Waals surface area contributed by atoms with Crippen LogP contribution in [0.5, 0.6) is 0 Å². The van der Waals surface area contributed by atoms with Gasteiger partial charge in [-0.05, 0) is 28.4 Å². The molecule has 1 aromatic rings. The molecule has 8 heteroatoms. The van der Waals surface area contributed by atoms with E-state index >= 15 is 0 Å². The van der Waals surface area contributed by atoms with E-state index in [-0.39, 0.29) is 15.9 Å². The minimum absolute atomic E-state index is 0.110. The molecule has 0 amide bonds. The molecule has 0 aliphatic heterocycles. The molecule has 0 fully saturated rings. The summed E-state index contributed by atoms with van der Waals surface area (Å²) in [6.45, 7) is 1.87. The van der Waals surface area contributed by atoms with Crippen LogP contribution in [-0.4, -0.2) is 24.4 Å². The lowest BCUT2D eigenvalue weighted by molar-refractivity contribution is 0.546. The van der Waals surface area contributed by atoms with E-state index in [2.05, 4.69) is 25.6 Å². The van der Waals surface area contributed by atoms with Crippen LogP contribution in [-0.2, 0) is 10.0 Å². The van der Waals surface area contributed by atoms with E-state index in [4.69, 9.17) is 18.0 Å². The van der Waals surface area contributed by atoms with Crippen LogP contribution >= 0.6 is 28.1 Å². The van der Waals surface area contributed by atoms with Crippen molar-refractivity contribution in [3.8, 4) is 0 Å². The maximum absolute atomic E-state index is 12.1. The number of pyridine rings is 1. The summed E-state index contributed by atoms with van der Waals surface area (Å²) in [5, 5.41) is 0. The summed E-state index contributed by atoms with van der Waals surface area (Å²) in [4.78, 5) is 4.23. The van der Waals surface area contributed by atoms with Gasteiger partial charge >= 0.3 is 0 Å². The van der Waals surface area contributed by atoms with Crippen molar-refractivity contribution in [3.05, 3.63) is 22.9 Å². The Labute approximate surface area is 120 Å². The molecule has 1 unspecified atom stereocenters. The molecule has 1 heterocycles. The number of nitrogens with zero attached hydrogens (tertiary/aromatic N) is 1. The highest BCUT2D eigenvalue weighted by atomic mass is 79.9. The Morgan fingerprint density at radius 1 is 1.61 bits per heavy atom. The summed E-state index contributed by atoms with van der Waals surface area (Å²) in [6.07, 6.45) is 3.76. The maximum atomic E-state index is 12.1. The predicted octanol–water partition coefficient (Wildman–Crippen LogP) is 1.58. The van der Waals surface area contributed by atoms with Gasteiger partial charge in [-0.3, -0.25) is 4.98 Å². The number of hydrogen-bond donors (Lipinski definition) is 2. The molecule has 0 radical (unpaired) electrons. The number of hydrogen-bond acceptors (Lipinski definition) is 4. The number of nitrogens with two attached hydrogens (primary N) is 1. The lowest BCUT2D eigenvalue weighted by Crippen LogP contribution is -2.37. The fourth-order valence-electron chi connectivity index (χ4n) is 1.34. The maximum Gasteiger partial charge on any atom is 0.242 e. The van der Waals surface area contributed by atoms with Crippen molar-refractivity contribution < 1.29 is 8.42 Å². The summed E-state index contributed by atoms with van der Waals surface area (Å²) in [5.41, 5.74) is 5.43. The van der Waals surface area contributed by atoms with Crippen LogP contribution in [0.2, 0.25) is 0 Å². The van der Waals surface area contributed by atoms with E-state index in [0.29, 0.717) is 17.3 Å². The molecular formula is C10H14BrN3O2S2. The van der Waals surface area contributed by atoms with E-state index in [9.17, 15) is 8.42 Å². The molecule has 0 saturated heterocycles. The number of halogens is 1. The molecule has 0 aromatic carbocycles. The topological polar surface area (TPSA) is 85.1 Å². The number of thiocarbonyl (C=S) groups is 1. The van der Waals surface area contributed by atoms with Crippen LogP contribution in [0.4, 0.5) is 0 Å². The zero-order chi connectivity index (χ0) is 13.8. The van der Waals surface area contributed by atoms with E-state index in [1.54, 1.807) is 0 Å². The normalized spacial score (nSPS) is 13.2. The fourth-order valence-corrected chi connectivity index (χ4v) is 3.36. The number of nitrogens with one attached hydrogen (secondary N) is 1. The van der Waals surface area contributed by atoms with Gasteiger partial charge in [-0.1, -0.05) is 19.1 Å². The lowest BCUT2D eigenvalue weighted by atomic mass is 10.2. The Morgan fingerprint density at radius 2 is 2.28 bits per heavy atom. The SMILES string of the molecule is CCC(CC(N)=S)NS(=O)(=O)c1cncc(Br)c1. The smallest absolute Gasteiger partial charge is 0.242 e. The highest BCUT2D eigenvalue weighted by molar-refractivity contribution is 9.10. The number of rotatable bonds is 6. The van der Waals surface area contributed by atoms with E-state index in [1.165, 1.54) is 18.5 Å². The minimum atomic E-state index is -3.60. The Balaban J connectivity index is 2.90. The standard InChI is InChI=1S/C10H14BrN3O2S2/c1-2-8(4-10(12)17)14-18(15,16)9-3-7(11)5-13-6-9/h3,5-6,8,14H,2,4H2,1H3,(H2,12,17). The van der Waals surface area contributed by atoms with Crippen LogP contribution in [0.25, 0.3) is 0 Å². The van der Waals surface area contributed by atoms with Gasteiger partial charge in [0.05, 0.1) is 4.99 Å². The van der Waals surface area contributed by atoms with E-state index in [1.807, 2.05) is 6.92 Å². The molecule has 1 aromatic heterocycles. The van der Waals surface area contributed by atoms with Gasteiger partial charge in [-0.15, -0.1) is 0 Å². The highest BCUT2D eigenvalue weighted by Crippen LogP contribution is 2.15. The average molecular weight is 352 g/mol. The summed E-state index contributed by atoms with van der Waals surface area (Å²) >= 11 is 7.97. The van der Waals surface area contributed by atoms with Gasteiger partial charge in [0, 0.05) is 29.3 Å². The van der Waals surface area contributed by atoms with Gasteiger partial charge in [0.1, 0.15) is 4.90 Å². The highest BCUT2D eigenvalue weighted by Gasteiger charge is 2.20. The molecule has 18 heavy (non-hydrogen) atoms. The van der Waals surface area contributed by atoms with Crippen LogP contribution < -0.4 is 10.5 Å². The van der Waals surface area contributed by atoms with Crippen molar-refractivity contribution in [3.63, 3.8) is 0 Å². The third-order valence-electron chi connectivity index (χ3n) is 2.25. The molecule has 0 bridgehead atoms. The first-order chi connectivity index (χ1) is 8.35. The second-order valence-corrected chi connectivity index (χ2v) is 6.89. The number of aromatic nitrogens is 1. The van der Waals surface area contributed by atoms with Crippen molar-refractivity contribution in [2.24, 2.45) is 5.73 Å². The summed E-state index contributed by atoms with van der Waals surface area (Å²) < 4.78 is 27.3. The largest absolute Gasteiger partial charge is 0.393 e. The minimum Gasteiger partial charge on any atom is -0.393 e. The molecule has 3 N–H and O–H groups in total. The number of sulfonamides is 1. The van der Waals surface area contributed by atoms with Crippen molar-refractivity contribution in [1.82, 2.24) is 9.71 Å². The first-order valence-electron chi connectivity index (χ1n) is 5.26. The first kappa shape index (κ1) is 15.5. The van der Waals surface area contributed by atoms with Crippen molar-refractivity contribution in [1.29, 1.82) is 0 Å². The second kappa shape index (κ2) is 6.55. The zero-order valence-electron chi connectivity index (χ0n) is 9.76. The molecule has 0 saturated carbocycles. The Kier molecular flexibility index (Phi) is 5.64. The molecule has 0 spiro atoms. The molecule has 5 nitrogen and oxygen atoms in total. The lowest BCUT2D eigenvalue weighted by Gasteiger charge is -2.16. The van der Waals surface area contributed by atoms with Gasteiger partial charge in [0.15, 0.2) is 0 Å². The molecule has 1 rings (SSSR count). The average Bonchev–Trinajstić information content (AvgIpc) is 2.27. The summed E-state index contributed by atoms with van der Waals surface area (Å²) in [5.74, 6) is 0. The van der Waals surface area contributed by atoms with Gasteiger partial charge in [0.2, 0.25) is 10.0 Å². The van der Waals surface area contributed by atoms with Crippen molar-refractivity contribution >= 4 is 43.2 Å². The van der Waals surface area contributed by atoms with E-state index in [0.717, 1.165) is 0 Å². The van der Waals surface area contributed by atoms with Gasteiger partial charge in [-0.2, -0.15) is 0 Å². The van der Waals surface area contributed by atoms with Crippen LogP contribution in [0.15, 0.2) is 27.8 Å². The second-order valence-electron chi connectivity index (χ2n) is 3.74. The fraction of sp³-hybridized carbons (Fsp3) is 0.400. The molecule has 0 aliphatic rings. The molecule has 0 aliphatic carbocycles.